The Labute approximate surface area is 358 Å². The molecule has 2 N–H and O–H groups in total. The van der Waals surface area contributed by atoms with Gasteiger partial charge in [0.25, 0.3) is 11.8 Å². The molecule has 61 heavy (non-hydrogen) atoms. The Morgan fingerprint density at radius 1 is 0.869 bits per heavy atom. The number of amides is 4. The minimum Gasteiger partial charge on any atom is -0.507 e. The van der Waals surface area contributed by atoms with E-state index in [1.807, 2.05) is 6.08 Å². The Hall–Kier alpha value is -6.52. The summed E-state index contributed by atoms with van der Waals surface area (Å²) < 4.78 is 5.46. The van der Waals surface area contributed by atoms with Gasteiger partial charge in [0.05, 0.1) is 56.5 Å². The van der Waals surface area contributed by atoms with Crippen LogP contribution in [0.4, 0.5) is 28.4 Å². The Morgan fingerprint density at radius 3 is 2.05 bits per heavy atom. The van der Waals surface area contributed by atoms with Crippen molar-refractivity contribution in [2.75, 3.05) is 36.4 Å². The third kappa shape index (κ3) is 6.18. The predicted octanol–water partition coefficient (Wildman–Crippen LogP) is 7.40. The van der Waals surface area contributed by atoms with Gasteiger partial charge in [0.2, 0.25) is 11.8 Å². The van der Waals surface area contributed by atoms with Crippen LogP contribution in [0.15, 0.2) is 78.4 Å². The molecule has 4 aromatic rings. The van der Waals surface area contributed by atoms with Gasteiger partial charge in [-0.05, 0) is 85.2 Å². The molecule has 0 spiro atoms. The van der Waals surface area contributed by atoms with Crippen molar-refractivity contribution in [1.82, 2.24) is 5.01 Å². The fourth-order valence-electron chi connectivity index (χ4n) is 10.1. The van der Waals surface area contributed by atoms with E-state index in [0.29, 0.717) is 38.6 Å². The van der Waals surface area contributed by atoms with Crippen LogP contribution in [0.3, 0.4) is 0 Å². The Balaban J connectivity index is 1.33. The number of nitrogens with one attached hydrogen (secondary N) is 1. The lowest BCUT2D eigenvalue weighted by atomic mass is 9.49. The largest absolute Gasteiger partial charge is 0.507 e. The standard InChI is InChI=1S/C43H38Cl2N6O10/c1-20-14-22(15-21(2)38(20)52)36-27-11-12-28-35(41(55)48(39(28)53)25-17-33(50(57)58)37(47(3)4)34(18-25)51(59)60)29(27)19-30-40(54)49(46-32-13-8-24(44)16-31(32)45)42(56)43(30,36)23-6-9-26(61-5)10-7-23/h6-11,13-18,28-30,35-36,46,52H,12,19H2,1-5H3/t28-,29+,30-,35-,36-,43+/m0/s1. The van der Waals surface area contributed by atoms with E-state index in [2.05, 4.69) is 5.43 Å². The van der Waals surface area contributed by atoms with Crippen molar-refractivity contribution in [2.45, 2.75) is 38.0 Å². The van der Waals surface area contributed by atoms with E-state index in [1.54, 1.807) is 56.3 Å². The topological polar surface area (TPSA) is 206 Å². The van der Waals surface area contributed by atoms with Crippen molar-refractivity contribution < 1.29 is 38.9 Å². The number of hydrazine groups is 1. The second-order valence-electron chi connectivity index (χ2n) is 16.0. The number of ether oxygens (including phenoxy) is 1. The fraction of sp³-hybridized carbons (Fsp3) is 0.302. The molecule has 6 atom stereocenters. The first-order valence-electron chi connectivity index (χ1n) is 19.2. The molecule has 0 aromatic heterocycles. The van der Waals surface area contributed by atoms with E-state index in [0.717, 1.165) is 22.0 Å². The quantitative estimate of drug-likeness (QED) is 0.0731. The zero-order valence-corrected chi connectivity index (χ0v) is 34.9. The molecule has 2 aliphatic heterocycles. The lowest BCUT2D eigenvalue weighted by molar-refractivity contribution is -0.392. The summed E-state index contributed by atoms with van der Waals surface area (Å²) in [5, 5.41) is 36.9. The molecule has 314 valence electrons. The molecular formula is C43H38Cl2N6O10. The average Bonchev–Trinajstić information content (AvgIpc) is 3.60. The highest BCUT2D eigenvalue weighted by Crippen LogP contribution is 2.64. The number of aryl methyl sites for hydroxylation is 2. The molecule has 18 heteroatoms. The Kier molecular flexibility index (Phi) is 10.1. The smallest absolute Gasteiger partial charge is 0.301 e. The molecule has 4 aliphatic rings. The van der Waals surface area contributed by atoms with Crippen LogP contribution in [0.2, 0.25) is 10.0 Å². The molecule has 2 aliphatic carbocycles. The van der Waals surface area contributed by atoms with Gasteiger partial charge >= 0.3 is 11.4 Å². The van der Waals surface area contributed by atoms with Gasteiger partial charge in [0.15, 0.2) is 5.69 Å². The van der Waals surface area contributed by atoms with Crippen LogP contribution < -0.4 is 20.0 Å². The second kappa shape index (κ2) is 14.9. The number of carbonyl (C=O) groups excluding carboxylic acids is 4. The van der Waals surface area contributed by atoms with Crippen LogP contribution >= 0.6 is 23.2 Å². The number of hydrogen-bond acceptors (Lipinski definition) is 12. The first kappa shape index (κ1) is 41.2. The number of methoxy groups -OCH3 is 1. The van der Waals surface area contributed by atoms with E-state index in [1.165, 1.54) is 38.2 Å². The number of aromatic hydroxyl groups is 1. The molecule has 0 radical (unpaired) electrons. The molecule has 3 fully saturated rings. The molecule has 2 heterocycles. The summed E-state index contributed by atoms with van der Waals surface area (Å²) in [6.45, 7) is 3.42. The first-order valence-corrected chi connectivity index (χ1v) is 19.9. The van der Waals surface area contributed by atoms with Gasteiger partial charge in [0, 0.05) is 37.2 Å². The van der Waals surface area contributed by atoms with Gasteiger partial charge in [-0.2, -0.15) is 5.01 Å². The molecular weight excluding hydrogens is 831 g/mol. The summed E-state index contributed by atoms with van der Waals surface area (Å²) >= 11 is 12.7. The number of phenols is 1. The molecule has 1 saturated carbocycles. The summed E-state index contributed by atoms with van der Waals surface area (Å²) in [5.74, 6) is -7.25. The van der Waals surface area contributed by atoms with Gasteiger partial charge < -0.3 is 14.7 Å². The first-order chi connectivity index (χ1) is 28.9. The maximum absolute atomic E-state index is 15.6. The Bertz CT molecular complexity index is 2590. The number of halogens is 2. The zero-order valence-electron chi connectivity index (χ0n) is 33.3. The van der Waals surface area contributed by atoms with Gasteiger partial charge in [-0.1, -0.05) is 59.1 Å². The summed E-state index contributed by atoms with van der Waals surface area (Å²) in [6.07, 6.45) is 1.75. The van der Waals surface area contributed by atoms with Crippen molar-refractivity contribution in [2.24, 2.45) is 23.7 Å². The van der Waals surface area contributed by atoms with Crippen molar-refractivity contribution in [1.29, 1.82) is 0 Å². The van der Waals surface area contributed by atoms with Crippen molar-refractivity contribution in [3.63, 3.8) is 0 Å². The van der Waals surface area contributed by atoms with Crippen molar-refractivity contribution in [3.05, 3.63) is 131 Å². The predicted molar refractivity (Wildman–Crippen MR) is 225 cm³/mol. The van der Waals surface area contributed by atoms with Crippen LogP contribution in [0, 0.1) is 57.7 Å². The van der Waals surface area contributed by atoms with Crippen molar-refractivity contribution in [3.8, 4) is 11.5 Å². The number of anilines is 3. The summed E-state index contributed by atoms with van der Waals surface area (Å²) in [4.78, 5) is 84.9. The molecule has 4 aromatic carbocycles. The number of allylic oxidation sites excluding steroid dienone is 2. The van der Waals surface area contributed by atoms with E-state index < -0.39 is 79.9 Å². The monoisotopic (exact) mass is 868 g/mol. The highest BCUT2D eigenvalue weighted by atomic mass is 35.5. The minimum atomic E-state index is -1.67. The van der Waals surface area contributed by atoms with Crippen molar-refractivity contribution >= 4 is 75.3 Å². The number of benzene rings is 4. The van der Waals surface area contributed by atoms with Gasteiger partial charge in [-0.3, -0.25) is 44.8 Å². The van der Waals surface area contributed by atoms with E-state index in [9.17, 15) is 34.9 Å². The van der Waals surface area contributed by atoms with Crippen LogP contribution in [-0.2, 0) is 24.6 Å². The number of nitro groups is 2. The number of carbonyl (C=O) groups is 4. The van der Waals surface area contributed by atoms with Crippen LogP contribution in [0.1, 0.15) is 41.0 Å². The SMILES string of the molecule is COc1ccc([C@@]23C(=O)N(Nc4ccc(Cl)cc4Cl)C(=O)[C@@H]2C[C@@H]2C(=CC[C@@H]4C(=O)N(c5cc([N+](=O)[O-])c(N(C)C)c([N+](=O)[O-])c5)C(=O)[C@@H]42)[C@@H]3c2cc(C)c(O)c(C)c2)cc1. The summed E-state index contributed by atoms with van der Waals surface area (Å²) in [5.41, 5.74) is 2.12. The lowest BCUT2D eigenvalue weighted by Crippen LogP contribution is -2.53. The summed E-state index contributed by atoms with van der Waals surface area (Å²) in [7, 11) is 4.31. The average molecular weight is 870 g/mol. The highest BCUT2D eigenvalue weighted by molar-refractivity contribution is 6.36. The van der Waals surface area contributed by atoms with E-state index >= 15 is 9.59 Å². The molecule has 8 rings (SSSR count). The number of nitro benzene ring substituents is 2. The summed E-state index contributed by atoms with van der Waals surface area (Å²) in [6, 6.07) is 16.8. The second-order valence-corrected chi connectivity index (χ2v) is 16.8. The number of rotatable bonds is 9. The molecule has 0 bridgehead atoms. The van der Waals surface area contributed by atoms with Crippen LogP contribution in [0.5, 0.6) is 11.5 Å². The lowest BCUT2D eigenvalue weighted by Gasteiger charge is -2.50. The number of fused-ring (bicyclic) bond motifs is 4. The Morgan fingerprint density at radius 2 is 1.49 bits per heavy atom. The fourth-order valence-corrected chi connectivity index (χ4v) is 10.5. The van der Waals surface area contributed by atoms with Crippen LogP contribution in [0.25, 0.3) is 0 Å². The van der Waals surface area contributed by atoms with E-state index in [4.69, 9.17) is 27.9 Å². The minimum absolute atomic E-state index is 0.0118. The normalized spacial score (nSPS) is 24.2. The third-order valence-electron chi connectivity index (χ3n) is 12.6. The number of hydrogen-bond donors (Lipinski definition) is 2. The highest BCUT2D eigenvalue weighted by Gasteiger charge is 2.70. The number of phenolic OH excluding ortho intramolecular Hbond substituents is 1. The maximum atomic E-state index is 15.6. The van der Waals surface area contributed by atoms with Crippen LogP contribution in [-0.4, -0.2) is 64.8 Å². The zero-order chi connectivity index (χ0) is 44.0. The molecule has 4 amide bonds. The van der Waals surface area contributed by atoms with Gasteiger partial charge in [0.1, 0.15) is 11.5 Å². The van der Waals surface area contributed by atoms with E-state index in [-0.39, 0.29) is 40.7 Å². The molecule has 0 unspecified atom stereocenters. The third-order valence-corrected chi connectivity index (χ3v) is 13.1. The van der Waals surface area contributed by atoms with Gasteiger partial charge in [-0.15, -0.1) is 0 Å². The maximum Gasteiger partial charge on any atom is 0.301 e. The number of imide groups is 2. The van der Waals surface area contributed by atoms with Gasteiger partial charge in [-0.25, -0.2) is 4.90 Å². The molecule has 2 saturated heterocycles. The molecule has 16 nitrogen and oxygen atoms in total. The number of nitrogens with zero attached hydrogens (tertiary/aromatic N) is 5.